The predicted octanol–water partition coefficient (Wildman–Crippen LogP) is 3.18. The topological polar surface area (TPSA) is 104 Å². The van der Waals surface area contributed by atoms with Gasteiger partial charge < -0.3 is 25.7 Å². The minimum Gasteiger partial charge on any atom is -0.372 e. The molecule has 0 spiro atoms. The highest BCUT2D eigenvalue weighted by Crippen LogP contribution is 2.22. The maximum Gasteiger partial charge on any atom is 0.229 e. The third kappa shape index (κ3) is 5.18. The van der Waals surface area contributed by atoms with Gasteiger partial charge in [-0.3, -0.25) is 4.68 Å². The number of hydrogen-bond donors (Lipinski definition) is 3. The molecule has 4 rings (SSSR count). The Bertz CT molecular complexity index is 1040. The van der Waals surface area contributed by atoms with Crippen LogP contribution in [0.3, 0.4) is 0 Å². The van der Waals surface area contributed by atoms with E-state index in [0.29, 0.717) is 23.9 Å². The molecule has 0 saturated carbocycles. The molecule has 162 valence electrons. The number of aryl methyl sites for hydroxylation is 1. The molecule has 2 atom stereocenters. The van der Waals surface area contributed by atoms with Crippen molar-refractivity contribution in [2.75, 3.05) is 28.6 Å². The van der Waals surface area contributed by atoms with Crippen LogP contribution in [-0.4, -0.2) is 51.3 Å². The van der Waals surface area contributed by atoms with Crippen molar-refractivity contribution in [2.45, 2.75) is 32.6 Å². The van der Waals surface area contributed by atoms with Crippen LogP contribution in [0, 0.1) is 5.41 Å². The molecule has 2 unspecified atom stereocenters. The standard InChI is InChI=1S/C22H28N8O/c1-15-12-30(13-16(2)31-15)20-6-4-5-17(7-20)9-24-21-18(8-23)10-25-22(28-21)27-19-11-26-29(3)14-19/h4-8,10-11,14-16,23H,9,12-13H2,1-3H3,(H2,24,25,27,28). The van der Waals surface area contributed by atoms with Crippen molar-refractivity contribution in [2.24, 2.45) is 7.05 Å². The van der Waals surface area contributed by atoms with Crippen LogP contribution in [0.4, 0.5) is 23.1 Å². The van der Waals surface area contributed by atoms with Gasteiger partial charge >= 0.3 is 0 Å². The number of nitrogens with one attached hydrogen (secondary N) is 3. The highest BCUT2D eigenvalue weighted by atomic mass is 16.5. The average Bonchev–Trinajstić information content (AvgIpc) is 3.16. The molecule has 1 aromatic carbocycles. The van der Waals surface area contributed by atoms with E-state index >= 15 is 0 Å². The lowest BCUT2D eigenvalue weighted by molar-refractivity contribution is -0.00522. The van der Waals surface area contributed by atoms with Crippen molar-refractivity contribution in [3.63, 3.8) is 0 Å². The molecular formula is C22H28N8O. The molecule has 0 radical (unpaired) electrons. The van der Waals surface area contributed by atoms with Gasteiger partial charge in [0.05, 0.1) is 29.7 Å². The fourth-order valence-corrected chi connectivity index (χ4v) is 3.75. The SMILES string of the molecule is CC1CN(c2cccc(CNc3nc(Nc4cnn(C)c4)ncc3C=N)c2)CC(C)O1. The number of aromatic nitrogens is 4. The van der Waals surface area contributed by atoms with E-state index in [1.54, 1.807) is 17.1 Å². The second-order valence-corrected chi connectivity index (χ2v) is 7.86. The van der Waals surface area contributed by atoms with Crippen LogP contribution in [0.2, 0.25) is 0 Å². The molecule has 2 aromatic heterocycles. The molecule has 1 aliphatic rings. The summed E-state index contributed by atoms with van der Waals surface area (Å²) in [5.74, 6) is 1.06. The normalized spacial score (nSPS) is 18.6. The largest absolute Gasteiger partial charge is 0.372 e. The Balaban J connectivity index is 1.47. The van der Waals surface area contributed by atoms with E-state index in [1.807, 2.05) is 13.2 Å². The first-order chi connectivity index (χ1) is 15.0. The van der Waals surface area contributed by atoms with Crippen LogP contribution >= 0.6 is 0 Å². The van der Waals surface area contributed by atoms with E-state index in [0.717, 1.165) is 24.3 Å². The third-order valence-corrected chi connectivity index (χ3v) is 5.09. The molecule has 0 bridgehead atoms. The van der Waals surface area contributed by atoms with E-state index in [1.165, 1.54) is 11.9 Å². The van der Waals surface area contributed by atoms with Gasteiger partial charge in [0.15, 0.2) is 0 Å². The van der Waals surface area contributed by atoms with Crippen LogP contribution < -0.4 is 15.5 Å². The Hall–Kier alpha value is -3.46. The summed E-state index contributed by atoms with van der Waals surface area (Å²) in [6.07, 6.45) is 6.87. The van der Waals surface area contributed by atoms with E-state index in [4.69, 9.17) is 10.1 Å². The molecule has 9 heteroatoms. The van der Waals surface area contributed by atoms with Gasteiger partial charge in [-0.25, -0.2) is 4.98 Å². The molecule has 1 saturated heterocycles. The summed E-state index contributed by atoms with van der Waals surface area (Å²) in [4.78, 5) is 11.2. The Kier molecular flexibility index (Phi) is 6.13. The van der Waals surface area contributed by atoms with Gasteiger partial charge in [-0.2, -0.15) is 10.1 Å². The summed E-state index contributed by atoms with van der Waals surface area (Å²) in [5.41, 5.74) is 3.76. The Morgan fingerprint density at radius 2 is 2.03 bits per heavy atom. The molecule has 0 amide bonds. The number of anilines is 4. The lowest BCUT2D eigenvalue weighted by atomic mass is 10.1. The number of rotatable bonds is 7. The number of ether oxygens (including phenoxy) is 1. The molecule has 1 aliphatic heterocycles. The van der Waals surface area contributed by atoms with Gasteiger partial charge in [-0.1, -0.05) is 12.1 Å². The van der Waals surface area contributed by atoms with Crippen LogP contribution in [0.5, 0.6) is 0 Å². The molecule has 31 heavy (non-hydrogen) atoms. The predicted molar refractivity (Wildman–Crippen MR) is 122 cm³/mol. The monoisotopic (exact) mass is 420 g/mol. The van der Waals surface area contributed by atoms with Gasteiger partial charge in [0.2, 0.25) is 5.95 Å². The zero-order chi connectivity index (χ0) is 21.8. The molecule has 1 fully saturated rings. The maximum absolute atomic E-state index is 7.67. The molecule has 0 aliphatic carbocycles. The van der Waals surface area contributed by atoms with Gasteiger partial charge in [-0.15, -0.1) is 0 Å². The number of morpholine rings is 1. The Morgan fingerprint density at radius 3 is 2.74 bits per heavy atom. The Labute approximate surface area is 182 Å². The summed E-state index contributed by atoms with van der Waals surface area (Å²) in [5, 5.41) is 18.3. The van der Waals surface area contributed by atoms with E-state index in [9.17, 15) is 0 Å². The van der Waals surface area contributed by atoms with Crippen LogP contribution in [0.25, 0.3) is 0 Å². The van der Waals surface area contributed by atoms with Crippen molar-refractivity contribution >= 4 is 29.4 Å². The van der Waals surface area contributed by atoms with Crippen molar-refractivity contribution in [3.8, 4) is 0 Å². The summed E-state index contributed by atoms with van der Waals surface area (Å²) < 4.78 is 7.56. The third-order valence-electron chi connectivity index (χ3n) is 5.09. The maximum atomic E-state index is 7.67. The fraction of sp³-hybridized carbons (Fsp3) is 0.364. The first kappa shape index (κ1) is 20.8. The van der Waals surface area contributed by atoms with Crippen molar-refractivity contribution < 1.29 is 4.74 Å². The smallest absolute Gasteiger partial charge is 0.229 e. The van der Waals surface area contributed by atoms with Gasteiger partial charge in [0, 0.05) is 51.0 Å². The van der Waals surface area contributed by atoms with Gasteiger partial charge in [0.1, 0.15) is 5.82 Å². The van der Waals surface area contributed by atoms with E-state index in [-0.39, 0.29) is 12.2 Å². The molecule has 3 aromatic rings. The molecule has 3 heterocycles. The highest BCUT2D eigenvalue weighted by molar-refractivity contribution is 5.84. The van der Waals surface area contributed by atoms with Crippen molar-refractivity contribution in [3.05, 3.63) is 54.0 Å². The first-order valence-corrected chi connectivity index (χ1v) is 10.4. The number of nitrogens with zero attached hydrogens (tertiary/aromatic N) is 5. The quantitative estimate of drug-likeness (QED) is 0.504. The van der Waals surface area contributed by atoms with Crippen molar-refractivity contribution in [1.82, 2.24) is 19.7 Å². The second kappa shape index (κ2) is 9.13. The molecular weight excluding hydrogens is 392 g/mol. The van der Waals surface area contributed by atoms with Crippen molar-refractivity contribution in [1.29, 1.82) is 5.41 Å². The summed E-state index contributed by atoms with van der Waals surface area (Å²) in [6, 6.07) is 8.49. The van der Waals surface area contributed by atoms with Gasteiger partial charge in [-0.05, 0) is 31.5 Å². The first-order valence-electron chi connectivity index (χ1n) is 10.4. The lowest BCUT2D eigenvalue weighted by Gasteiger charge is -2.37. The van der Waals surface area contributed by atoms with E-state index < -0.39 is 0 Å². The van der Waals surface area contributed by atoms with Crippen LogP contribution in [0.1, 0.15) is 25.0 Å². The minimum atomic E-state index is 0.215. The fourth-order valence-electron chi connectivity index (χ4n) is 3.75. The zero-order valence-electron chi connectivity index (χ0n) is 18.0. The Morgan fingerprint density at radius 1 is 1.23 bits per heavy atom. The van der Waals surface area contributed by atoms with Crippen LogP contribution in [-0.2, 0) is 18.3 Å². The summed E-state index contributed by atoms with van der Waals surface area (Å²) in [6.45, 7) is 6.58. The number of benzene rings is 1. The average molecular weight is 421 g/mol. The van der Waals surface area contributed by atoms with Crippen LogP contribution in [0.15, 0.2) is 42.9 Å². The molecule has 9 nitrogen and oxygen atoms in total. The highest BCUT2D eigenvalue weighted by Gasteiger charge is 2.22. The molecule has 3 N–H and O–H groups in total. The van der Waals surface area contributed by atoms with E-state index in [2.05, 4.69) is 68.7 Å². The summed E-state index contributed by atoms with van der Waals surface area (Å²) >= 11 is 0. The zero-order valence-corrected chi connectivity index (χ0v) is 18.0. The second-order valence-electron chi connectivity index (χ2n) is 7.86. The minimum absolute atomic E-state index is 0.215. The number of hydrogen-bond acceptors (Lipinski definition) is 8. The van der Waals surface area contributed by atoms with Gasteiger partial charge in [0.25, 0.3) is 0 Å². The summed E-state index contributed by atoms with van der Waals surface area (Å²) in [7, 11) is 1.85. The lowest BCUT2D eigenvalue weighted by Crippen LogP contribution is -2.45.